The van der Waals surface area contributed by atoms with Gasteiger partial charge >= 0.3 is 0 Å². The van der Waals surface area contributed by atoms with Crippen LogP contribution >= 0.6 is 0 Å². The fourth-order valence-corrected chi connectivity index (χ4v) is 3.34. The zero-order valence-corrected chi connectivity index (χ0v) is 14.4. The number of pyridine rings is 1. The summed E-state index contributed by atoms with van der Waals surface area (Å²) in [7, 11) is -2.09. The van der Waals surface area contributed by atoms with Crippen LogP contribution in [0.2, 0.25) is 0 Å². The maximum absolute atomic E-state index is 11.7. The standard InChI is InChI=1S/C15H24N4O3S/c1-3-5-15(20)18-12-6-4-9-19(11-12)14-8-7-13(10-17-14)23(21,22)16-2/h7-8,10,12,16H,3-6,9,11H2,1-2H3,(H,18,20). The van der Waals surface area contributed by atoms with Crippen molar-refractivity contribution in [2.24, 2.45) is 0 Å². The van der Waals surface area contributed by atoms with Crippen molar-refractivity contribution in [2.45, 2.75) is 43.5 Å². The number of hydrogen-bond donors (Lipinski definition) is 2. The van der Waals surface area contributed by atoms with Crippen molar-refractivity contribution in [3.63, 3.8) is 0 Å². The molecule has 23 heavy (non-hydrogen) atoms. The molecule has 2 rings (SSSR count). The van der Waals surface area contributed by atoms with Gasteiger partial charge in [0.2, 0.25) is 15.9 Å². The third-order valence-corrected chi connectivity index (χ3v) is 5.29. The van der Waals surface area contributed by atoms with E-state index < -0.39 is 10.0 Å². The molecule has 1 unspecified atom stereocenters. The average Bonchev–Trinajstić information content (AvgIpc) is 2.55. The summed E-state index contributed by atoms with van der Waals surface area (Å²) in [5.74, 6) is 0.817. The second kappa shape index (κ2) is 7.74. The largest absolute Gasteiger partial charge is 0.355 e. The molecule has 1 fully saturated rings. The third kappa shape index (κ3) is 4.65. The number of aromatic nitrogens is 1. The number of rotatable bonds is 6. The number of nitrogens with one attached hydrogen (secondary N) is 2. The Bertz CT molecular complexity index is 631. The minimum absolute atomic E-state index is 0.0859. The van der Waals surface area contributed by atoms with E-state index in [1.807, 2.05) is 6.92 Å². The van der Waals surface area contributed by atoms with Crippen LogP contribution in [0.5, 0.6) is 0 Å². The molecular formula is C15H24N4O3S. The van der Waals surface area contributed by atoms with Crippen molar-refractivity contribution in [1.29, 1.82) is 0 Å². The van der Waals surface area contributed by atoms with Crippen LogP contribution in [0.15, 0.2) is 23.2 Å². The van der Waals surface area contributed by atoms with Gasteiger partial charge in [0.05, 0.1) is 0 Å². The number of piperidine rings is 1. The molecule has 2 N–H and O–H groups in total. The molecule has 0 saturated carbocycles. The Labute approximate surface area is 137 Å². The van der Waals surface area contributed by atoms with Gasteiger partial charge in [0, 0.05) is 31.7 Å². The van der Waals surface area contributed by atoms with Gasteiger partial charge in [-0.3, -0.25) is 4.79 Å². The van der Waals surface area contributed by atoms with Crippen molar-refractivity contribution in [3.8, 4) is 0 Å². The van der Waals surface area contributed by atoms with Crippen LogP contribution in [0.4, 0.5) is 5.82 Å². The minimum Gasteiger partial charge on any atom is -0.355 e. The SMILES string of the molecule is CCCC(=O)NC1CCCN(c2ccc(S(=O)(=O)NC)cn2)C1. The minimum atomic E-state index is -3.47. The first kappa shape index (κ1) is 17.7. The number of amides is 1. The molecule has 0 radical (unpaired) electrons. The maximum Gasteiger partial charge on any atom is 0.241 e. The Morgan fingerprint density at radius 2 is 2.22 bits per heavy atom. The Hall–Kier alpha value is -1.67. The molecule has 1 aromatic heterocycles. The summed E-state index contributed by atoms with van der Waals surface area (Å²) in [5, 5.41) is 3.05. The number of carbonyl (C=O) groups is 1. The zero-order valence-electron chi connectivity index (χ0n) is 13.6. The predicted molar refractivity (Wildman–Crippen MR) is 88.8 cm³/mol. The molecule has 0 aromatic carbocycles. The average molecular weight is 340 g/mol. The Morgan fingerprint density at radius 3 is 2.83 bits per heavy atom. The van der Waals surface area contributed by atoms with Crippen LogP contribution in [-0.4, -0.2) is 45.5 Å². The molecular weight excluding hydrogens is 316 g/mol. The van der Waals surface area contributed by atoms with E-state index in [1.165, 1.54) is 13.2 Å². The lowest BCUT2D eigenvalue weighted by molar-refractivity contribution is -0.121. The predicted octanol–water partition coefficient (Wildman–Crippen LogP) is 0.875. The third-order valence-electron chi connectivity index (χ3n) is 3.89. The molecule has 0 aliphatic carbocycles. The topological polar surface area (TPSA) is 91.4 Å². The zero-order chi connectivity index (χ0) is 16.9. The van der Waals surface area contributed by atoms with Crippen molar-refractivity contribution in [1.82, 2.24) is 15.0 Å². The Kier molecular flexibility index (Phi) is 5.95. The Morgan fingerprint density at radius 1 is 1.43 bits per heavy atom. The molecule has 1 amide bonds. The summed E-state index contributed by atoms with van der Waals surface area (Å²) in [6.45, 7) is 3.53. The first-order valence-corrected chi connectivity index (χ1v) is 9.38. The molecule has 1 aromatic rings. The summed E-state index contributed by atoms with van der Waals surface area (Å²) >= 11 is 0. The smallest absolute Gasteiger partial charge is 0.241 e. The summed E-state index contributed by atoms with van der Waals surface area (Å²) in [6.07, 6.45) is 4.67. The summed E-state index contributed by atoms with van der Waals surface area (Å²) in [6, 6.07) is 3.37. The van der Waals surface area contributed by atoms with Gasteiger partial charge in [0.15, 0.2) is 0 Å². The van der Waals surface area contributed by atoms with Gasteiger partial charge in [-0.15, -0.1) is 0 Å². The molecule has 128 valence electrons. The molecule has 1 atom stereocenters. The quantitative estimate of drug-likeness (QED) is 0.802. The fraction of sp³-hybridized carbons (Fsp3) is 0.600. The summed E-state index contributed by atoms with van der Waals surface area (Å²) < 4.78 is 25.7. The van der Waals surface area contributed by atoms with Crippen LogP contribution in [0, 0.1) is 0 Å². The van der Waals surface area contributed by atoms with Gasteiger partial charge in [-0.05, 0) is 38.4 Å². The van der Waals surface area contributed by atoms with E-state index in [-0.39, 0.29) is 16.8 Å². The monoisotopic (exact) mass is 340 g/mol. The normalized spacial score (nSPS) is 18.7. The van der Waals surface area contributed by atoms with Crippen LogP contribution in [0.25, 0.3) is 0 Å². The van der Waals surface area contributed by atoms with Crippen molar-refractivity contribution >= 4 is 21.7 Å². The summed E-state index contributed by atoms with van der Waals surface area (Å²) in [4.78, 5) is 18.2. The highest BCUT2D eigenvalue weighted by atomic mass is 32.2. The second-order valence-corrected chi connectivity index (χ2v) is 7.55. The van der Waals surface area contributed by atoms with Gasteiger partial charge in [-0.1, -0.05) is 6.92 Å². The second-order valence-electron chi connectivity index (χ2n) is 5.66. The van der Waals surface area contributed by atoms with Gasteiger partial charge in [-0.25, -0.2) is 18.1 Å². The highest BCUT2D eigenvalue weighted by Crippen LogP contribution is 2.19. The number of nitrogens with zero attached hydrogens (tertiary/aromatic N) is 2. The van der Waals surface area contributed by atoms with Crippen molar-refractivity contribution < 1.29 is 13.2 Å². The molecule has 2 heterocycles. The molecule has 0 spiro atoms. The van der Waals surface area contributed by atoms with Gasteiger partial charge in [0.1, 0.15) is 10.7 Å². The van der Waals surface area contributed by atoms with Gasteiger partial charge < -0.3 is 10.2 Å². The number of carbonyl (C=O) groups excluding carboxylic acids is 1. The number of hydrogen-bond acceptors (Lipinski definition) is 5. The van der Waals surface area contributed by atoms with Crippen LogP contribution in [0.1, 0.15) is 32.6 Å². The summed E-state index contributed by atoms with van der Waals surface area (Å²) in [5.41, 5.74) is 0. The van der Waals surface area contributed by atoms with E-state index in [1.54, 1.807) is 12.1 Å². The Balaban J connectivity index is 2.02. The van der Waals surface area contributed by atoms with Crippen molar-refractivity contribution in [2.75, 3.05) is 25.0 Å². The lowest BCUT2D eigenvalue weighted by Gasteiger charge is -2.34. The van der Waals surface area contributed by atoms with E-state index in [0.29, 0.717) is 13.0 Å². The molecule has 7 nitrogen and oxygen atoms in total. The maximum atomic E-state index is 11.7. The van der Waals surface area contributed by atoms with Gasteiger partial charge in [0.25, 0.3) is 0 Å². The van der Waals surface area contributed by atoms with E-state index in [0.717, 1.165) is 31.6 Å². The first-order chi connectivity index (χ1) is 11.0. The molecule has 1 aliphatic heterocycles. The van der Waals surface area contributed by atoms with E-state index in [4.69, 9.17) is 0 Å². The molecule has 1 aliphatic rings. The number of sulfonamides is 1. The van der Waals surface area contributed by atoms with Crippen LogP contribution in [-0.2, 0) is 14.8 Å². The highest BCUT2D eigenvalue weighted by molar-refractivity contribution is 7.89. The van der Waals surface area contributed by atoms with Crippen LogP contribution < -0.4 is 14.9 Å². The first-order valence-electron chi connectivity index (χ1n) is 7.90. The molecule has 1 saturated heterocycles. The number of anilines is 1. The van der Waals surface area contributed by atoms with E-state index in [2.05, 4.69) is 19.9 Å². The lowest BCUT2D eigenvalue weighted by atomic mass is 10.1. The van der Waals surface area contributed by atoms with E-state index in [9.17, 15) is 13.2 Å². The van der Waals surface area contributed by atoms with E-state index >= 15 is 0 Å². The fourth-order valence-electron chi connectivity index (χ4n) is 2.67. The highest BCUT2D eigenvalue weighted by Gasteiger charge is 2.22. The van der Waals surface area contributed by atoms with Crippen LogP contribution in [0.3, 0.4) is 0 Å². The molecule has 8 heteroatoms. The van der Waals surface area contributed by atoms with Gasteiger partial charge in [-0.2, -0.15) is 0 Å². The van der Waals surface area contributed by atoms with Crippen molar-refractivity contribution in [3.05, 3.63) is 18.3 Å². The lowest BCUT2D eigenvalue weighted by Crippen LogP contribution is -2.48. The molecule has 0 bridgehead atoms.